The van der Waals surface area contributed by atoms with Gasteiger partial charge in [-0.3, -0.25) is 0 Å². The molecule has 9 aromatic carbocycles. The van der Waals surface area contributed by atoms with Gasteiger partial charge in [-0.25, -0.2) is 15.0 Å². The number of fused-ring (bicyclic) bond motifs is 8. The van der Waals surface area contributed by atoms with Crippen LogP contribution in [0.3, 0.4) is 0 Å². The monoisotopic (exact) mass is 739 g/mol. The van der Waals surface area contributed by atoms with Crippen molar-refractivity contribution in [1.29, 1.82) is 0 Å². The Hall–Kier alpha value is -7.89. The Morgan fingerprint density at radius 1 is 0.259 bits per heavy atom. The Labute approximate surface area is 333 Å². The Morgan fingerprint density at radius 2 is 0.672 bits per heavy atom. The molecule has 0 aliphatic carbocycles. The molecule has 0 saturated heterocycles. The maximum atomic E-state index is 5.12. The Bertz CT molecular complexity index is 3460. The van der Waals surface area contributed by atoms with Crippen molar-refractivity contribution in [3.63, 3.8) is 0 Å². The molecular formula is C53H33N5. The first kappa shape index (κ1) is 32.4. The second-order valence-electron chi connectivity index (χ2n) is 14.9. The van der Waals surface area contributed by atoms with Gasteiger partial charge < -0.3 is 9.13 Å². The van der Waals surface area contributed by atoms with Crippen LogP contribution in [0.15, 0.2) is 200 Å². The van der Waals surface area contributed by atoms with E-state index in [1.807, 2.05) is 0 Å². The van der Waals surface area contributed by atoms with Crippen LogP contribution in [0.4, 0.5) is 0 Å². The van der Waals surface area contributed by atoms with Gasteiger partial charge in [0.05, 0.1) is 22.1 Å². The van der Waals surface area contributed by atoms with E-state index in [1.54, 1.807) is 0 Å². The molecule has 3 heterocycles. The first-order chi connectivity index (χ1) is 28.7. The molecule has 58 heavy (non-hydrogen) atoms. The molecule has 0 bridgehead atoms. The van der Waals surface area contributed by atoms with E-state index in [2.05, 4.69) is 209 Å². The highest BCUT2D eigenvalue weighted by Crippen LogP contribution is 2.40. The van der Waals surface area contributed by atoms with Crippen LogP contribution < -0.4 is 0 Å². The van der Waals surface area contributed by atoms with E-state index >= 15 is 0 Å². The Morgan fingerprint density at radius 3 is 1.21 bits per heavy atom. The van der Waals surface area contributed by atoms with Gasteiger partial charge in [-0.05, 0) is 94.3 Å². The lowest BCUT2D eigenvalue weighted by Crippen LogP contribution is -2.01. The summed E-state index contributed by atoms with van der Waals surface area (Å²) in [6.45, 7) is 0. The smallest absolute Gasteiger partial charge is 0.164 e. The van der Waals surface area contributed by atoms with Crippen LogP contribution >= 0.6 is 0 Å². The largest absolute Gasteiger partial charge is 0.309 e. The molecule has 0 aliphatic heterocycles. The fourth-order valence-electron chi connectivity index (χ4n) is 8.74. The van der Waals surface area contributed by atoms with Gasteiger partial charge in [0.25, 0.3) is 0 Å². The van der Waals surface area contributed by atoms with E-state index < -0.39 is 0 Å². The summed E-state index contributed by atoms with van der Waals surface area (Å²) in [5.74, 6) is 1.91. The van der Waals surface area contributed by atoms with Gasteiger partial charge >= 0.3 is 0 Å². The van der Waals surface area contributed by atoms with Crippen LogP contribution in [-0.2, 0) is 0 Å². The molecule has 12 rings (SSSR count). The fraction of sp³-hybridized carbons (Fsp3) is 0. The van der Waals surface area contributed by atoms with E-state index in [9.17, 15) is 0 Å². The van der Waals surface area contributed by atoms with Crippen LogP contribution in [0.25, 0.3) is 111 Å². The zero-order chi connectivity index (χ0) is 38.2. The standard InChI is InChI=1S/C53H33N5/c1-2-16-41(17-3-1)57-47-20-10-8-18-43(47)45-32-46-44-19-9-11-21-48(44)58(50(46)33-49(45)57)42-28-26-36(27-29-42)51-54-52(39-24-22-34-12-4-6-14-37(34)30-39)56-53(55-51)40-25-23-35-13-5-7-15-38(35)31-40/h1-33H. The summed E-state index contributed by atoms with van der Waals surface area (Å²) in [5.41, 5.74) is 9.70. The number of para-hydroxylation sites is 3. The van der Waals surface area contributed by atoms with Gasteiger partial charge in [0, 0.05) is 49.6 Å². The minimum Gasteiger partial charge on any atom is -0.309 e. The number of aromatic nitrogens is 5. The molecule has 0 N–H and O–H groups in total. The van der Waals surface area contributed by atoms with Crippen LogP contribution in [0.1, 0.15) is 0 Å². The van der Waals surface area contributed by atoms with Crippen molar-refractivity contribution in [3.05, 3.63) is 200 Å². The molecule has 0 fully saturated rings. The van der Waals surface area contributed by atoms with Crippen LogP contribution in [0.2, 0.25) is 0 Å². The van der Waals surface area contributed by atoms with Crippen molar-refractivity contribution in [1.82, 2.24) is 24.1 Å². The van der Waals surface area contributed by atoms with Crippen molar-refractivity contribution < 1.29 is 0 Å². The molecule has 270 valence electrons. The van der Waals surface area contributed by atoms with Crippen molar-refractivity contribution in [2.45, 2.75) is 0 Å². The van der Waals surface area contributed by atoms with Crippen molar-refractivity contribution in [3.8, 4) is 45.5 Å². The molecule has 5 heteroatoms. The predicted octanol–water partition coefficient (Wildman–Crippen LogP) is 13.4. The molecule has 0 saturated carbocycles. The maximum Gasteiger partial charge on any atom is 0.164 e. The zero-order valence-electron chi connectivity index (χ0n) is 31.3. The minimum atomic E-state index is 0.629. The number of benzene rings is 9. The van der Waals surface area contributed by atoms with E-state index in [0.29, 0.717) is 17.5 Å². The van der Waals surface area contributed by atoms with E-state index in [4.69, 9.17) is 15.0 Å². The van der Waals surface area contributed by atoms with Gasteiger partial charge in [-0.15, -0.1) is 0 Å². The second-order valence-corrected chi connectivity index (χ2v) is 14.9. The molecule has 0 unspecified atom stereocenters. The molecule has 3 aromatic heterocycles. The predicted molar refractivity (Wildman–Crippen MR) is 240 cm³/mol. The number of hydrogen-bond acceptors (Lipinski definition) is 3. The van der Waals surface area contributed by atoms with Crippen molar-refractivity contribution >= 4 is 65.2 Å². The Kier molecular flexibility index (Phi) is 7.16. The molecular weight excluding hydrogens is 707 g/mol. The van der Waals surface area contributed by atoms with Gasteiger partial charge in [0.15, 0.2) is 17.5 Å². The minimum absolute atomic E-state index is 0.629. The topological polar surface area (TPSA) is 48.5 Å². The van der Waals surface area contributed by atoms with Crippen LogP contribution in [0.5, 0.6) is 0 Å². The normalized spacial score (nSPS) is 11.8. The fourth-order valence-corrected chi connectivity index (χ4v) is 8.74. The first-order valence-corrected chi connectivity index (χ1v) is 19.6. The number of nitrogens with zero attached hydrogens (tertiary/aromatic N) is 5. The summed E-state index contributed by atoms with van der Waals surface area (Å²) in [6.07, 6.45) is 0. The summed E-state index contributed by atoms with van der Waals surface area (Å²) < 4.78 is 4.77. The molecule has 0 spiro atoms. The third-order valence-electron chi connectivity index (χ3n) is 11.5. The molecule has 0 atom stereocenters. The molecule has 0 amide bonds. The van der Waals surface area contributed by atoms with Gasteiger partial charge in [-0.1, -0.05) is 127 Å². The zero-order valence-corrected chi connectivity index (χ0v) is 31.3. The lowest BCUT2D eigenvalue weighted by Gasteiger charge is -2.12. The Balaban J connectivity index is 1.03. The summed E-state index contributed by atoms with van der Waals surface area (Å²) in [4.78, 5) is 15.3. The highest BCUT2D eigenvalue weighted by Gasteiger charge is 2.19. The quantitative estimate of drug-likeness (QED) is 0.177. The van der Waals surface area contributed by atoms with Crippen LogP contribution in [-0.4, -0.2) is 24.1 Å². The van der Waals surface area contributed by atoms with Gasteiger partial charge in [0.2, 0.25) is 0 Å². The summed E-state index contributed by atoms with van der Waals surface area (Å²) >= 11 is 0. The van der Waals surface area contributed by atoms with Gasteiger partial charge in [0.1, 0.15) is 0 Å². The SMILES string of the molecule is c1ccc(-n2c3ccccc3c3cc4c5ccccc5n(-c5ccc(-c6nc(-c7ccc8ccccc8c7)nc(-c7ccc8ccccc8c7)n6)cc5)c4cc32)cc1. The summed E-state index contributed by atoms with van der Waals surface area (Å²) in [6, 6.07) is 71.0. The highest BCUT2D eigenvalue weighted by atomic mass is 15.0. The molecule has 0 aliphatic rings. The third kappa shape index (κ3) is 5.14. The maximum absolute atomic E-state index is 5.12. The number of hydrogen-bond donors (Lipinski definition) is 0. The van der Waals surface area contributed by atoms with Crippen molar-refractivity contribution in [2.24, 2.45) is 0 Å². The summed E-state index contributed by atoms with van der Waals surface area (Å²) in [7, 11) is 0. The first-order valence-electron chi connectivity index (χ1n) is 19.6. The molecule has 12 aromatic rings. The van der Waals surface area contributed by atoms with Crippen molar-refractivity contribution in [2.75, 3.05) is 0 Å². The average Bonchev–Trinajstić information content (AvgIpc) is 3.80. The summed E-state index contributed by atoms with van der Waals surface area (Å²) in [5, 5.41) is 9.57. The lowest BCUT2D eigenvalue weighted by atomic mass is 10.1. The highest BCUT2D eigenvalue weighted by molar-refractivity contribution is 6.19. The van der Waals surface area contributed by atoms with Crippen LogP contribution in [0, 0.1) is 0 Å². The molecule has 5 nitrogen and oxygen atoms in total. The van der Waals surface area contributed by atoms with E-state index in [-0.39, 0.29) is 0 Å². The second kappa shape index (κ2) is 12.8. The van der Waals surface area contributed by atoms with E-state index in [1.165, 1.54) is 43.4 Å². The molecule has 0 radical (unpaired) electrons. The lowest BCUT2D eigenvalue weighted by molar-refractivity contribution is 1.07. The van der Waals surface area contributed by atoms with E-state index in [0.717, 1.165) is 49.9 Å². The average molecular weight is 740 g/mol. The number of rotatable bonds is 5. The van der Waals surface area contributed by atoms with Gasteiger partial charge in [-0.2, -0.15) is 0 Å². The third-order valence-corrected chi connectivity index (χ3v) is 11.5.